The summed E-state index contributed by atoms with van der Waals surface area (Å²) in [5, 5.41) is 3.19. The van der Waals surface area contributed by atoms with Gasteiger partial charge in [0, 0.05) is 39.8 Å². The van der Waals surface area contributed by atoms with Gasteiger partial charge in [0.2, 0.25) is 0 Å². The van der Waals surface area contributed by atoms with Crippen molar-refractivity contribution in [3.63, 3.8) is 0 Å². The van der Waals surface area contributed by atoms with Crippen LogP contribution in [0.25, 0.3) is 0 Å². The summed E-state index contributed by atoms with van der Waals surface area (Å²) in [6, 6.07) is 6.48. The molecule has 28 heavy (non-hydrogen) atoms. The van der Waals surface area contributed by atoms with Gasteiger partial charge in [-0.1, -0.05) is 12.1 Å². The third-order valence-electron chi connectivity index (χ3n) is 4.07. The fraction of sp³-hybridized carbons (Fsp3) is 0.556. The molecule has 0 unspecified atom stereocenters. The van der Waals surface area contributed by atoms with Crippen LogP contribution in [0.1, 0.15) is 12.5 Å². The number of nitrogens with zero attached hydrogens (tertiary/aromatic N) is 3. The largest absolute Gasteiger partial charge is 0.484 e. The average Bonchev–Trinajstić information content (AvgIpc) is 2.67. The number of hydrogen-bond acceptors (Lipinski definition) is 4. The van der Waals surface area contributed by atoms with Gasteiger partial charge < -0.3 is 24.6 Å². The lowest BCUT2D eigenvalue weighted by molar-refractivity contribution is -0.153. The molecule has 2 rings (SSSR count). The van der Waals surface area contributed by atoms with Gasteiger partial charge in [0.15, 0.2) is 12.6 Å². The summed E-state index contributed by atoms with van der Waals surface area (Å²) < 4.78 is 46.6. The Morgan fingerprint density at radius 2 is 1.89 bits per heavy atom. The van der Waals surface area contributed by atoms with Gasteiger partial charge in [-0.15, -0.1) is 0 Å². The number of alkyl halides is 3. The number of rotatable bonds is 5. The van der Waals surface area contributed by atoms with Crippen molar-refractivity contribution in [1.29, 1.82) is 0 Å². The smallest absolute Gasteiger partial charge is 0.422 e. The van der Waals surface area contributed by atoms with E-state index in [-0.39, 0.29) is 11.8 Å². The van der Waals surface area contributed by atoms with Gasteiger partial charge >= 0.3 is 12.3 Å². The Kier molecular flexibility index (Phi) is 7.77. The van der Waals surface area contributed by atoms with Crippen LogP contribution in [0.5, 0.6) is 5.75 Å². The molecule has 1 amide bonds. The van der Waals surface area contributed by atoms with Crippen molar-refractivity contribution in [2.75, 3.05) is 46.4 Å². The Labute approximate surface area is 162 Å². The number of aliphatic imine (C=N–C) groups is 1. The molecule has 0 spiro atoms. The van der Waals surface area contributed by atoms with Gasteiger partial charge in [-0.05, 0) is 24.6 Å². The maximum atomic E-state index is 12.3. The molecule has 0 aromatic heterocycles. The molecule has 1 saturated heterocycles. The van der Waals surface area contributed by atoms with Crippen LogP contribution in [0, 0.1) is 0 Å². The van der Waals surface area contributed by atoms with E-state index in [1.807, 2.05) is 4.90 Å². The molecule has 156 valence electrons. The summed E-state index contributed by atoms with van der Waals surface area (Å²) in [5.74, 6) is 0.819. The molecule has 0 aliphatic carbocycles. The third-order valence-corrected chi connectivity index (χ3v) is 4.07. The van der Waals surface area contributed by atoms with E-state index in [1.54, 1.807) is 37.1 Å². The SMILES string of the molecule is CCOC(=O)N1CCN(C(=NC)NCc2cccc(OCC(F)(F)F)c2)CC1. The van der Waals surface area contributed by atoms with E-state index in [0.717, 1.165) is 5.56 Å². The molecule has 0 radical (unpaired) electrons. The summed E-state index contributed by atoms with van der Waals surface area (Å²) in [4.78, 5) is 19.7. The van der Waals surface area contributed by atoms with Gasteiger partial charge in [0.25, 0.3) is 0 Å². The summed E-state index contributed by atoms with van der Waals surface area (Å²) in [5.41, 5.74) is 0.769. The quantitative estimate of drug-likeness (QED) is 0.606. The third kappa shape index (κ3) is 6.82. The van der Waals surface area contributed by atoms with E-state index in [1.165, 1.54) is 6.07 Å². The van der Waals surface area contributed by atoms with E-state index in [2.05, 4.69) is 10.3 Å². The zero-order valence-corrected chi connectivity index (χ0v) is 16.0. The number of carbonyl (C=O) groups excluding carboxylic acids is 1. The van der Waals surface area contributed by atoms with E-state index in [9.17, 15) is 18.0 Å². The van der Waals surface area contributed by atoms with Crippen LogP contribution in [0.3, 0.4) is 0 Å². The molecule has 1 heterocycles. The predicted octanol–water partition coefficient (Wildman–Crippen LogP) is 2.48. The van der Waals surface area contributed by atoms with E-state index in [0.29, 0.717) is 45.3 Å². The van der Waals surface area contributed by atoms with Crippen LogP contribution >= 0.6 is 0 Å². The lowest BCUT2D eigenvalue weighted by Gasteiger charge is -2.35. The van der Waals surface area contributed by atoms with Gasteiger partial charge in [-0.3, -0.25) is 4.99 Å². The fourth-order valence-electron chi connectivity index (χ4n) is 2.74. The van der Waals surface area contributed by atoms with Crippen LogP contribution < -0.4 is 10.1 Å². The molecular formula is C18H25F3N4O3. The number of benzene rings is 1. The molecule has 1 aromatic carbocycles. The molecule has 1 aromatic rings. The topological polar surface area (TPSA) is 66.4 Å². The maximum Gasteiger partial charge on any atom is 0.422 e. The number of guanidine groups is 1. The summed E-state index contributed by atoms with van der Waals surface area (Å²) in [6.07, 6.45) is -4.69. The second-order valence-corrected chi connectivity index (χ2v) is 6.13. The highest BCUT2D eigenvalue weighted by Gasteiger charge is 2.28. The van der Waals surface area contributed by atoms with E-state index >= 15 is 0 Å². The minimum Gasteiger partial charge on any atom is -0.484 e. The van der Waals surface area contributed by atoms with Crippen molar-refractivity contribution in [3.05, 3.63) is 29.8 Å². The van der Waals surface area contributed by atoms with Crippen molar-refractivity contribution in [1.82, 2.24) is 15.1 Å². The Morgan fingerprint density at radius 1 is 1.21 bits per heavy atom. The van der Waals surface area contributed by atoms with Crippen LogP contribution in [-0.4, -0.2) is 74.5 Å². The standard InChI is InChI=1S/C18H25F3N4O3/c1-3-27-17(26)25-9-7-24(8-10-25)16(22-2)23-12-14-5-4-6-15(11-14)28-13-18(19,20)21/h4-6,11H,3,7-10,12-13H2,1-2H3,(H,22,23). The van der Waals surface area contributed by atoms with Crippen LogP contribution in [0.15, 0.2) is 29.3 Å². The lowest BCUT2D eigenvalue weighted by atomic mass is 10.2. The average molecular weight is 402 g/mol. The first-order chi connectivity index (χ1) is 13.3. The van der Waals surface area contributed by atoms with Gasteiger partial charge in [-0.2, -0.15) is 13.2 Å². The second kappa shape index (κ2) is 10.0. The molecular weight excluding hydrogens is 377 g/mol. The van der Waals surface area contributed by atoms with Crippen LogP contribution in [0.2, 0.25) is 0 Å². The minimum atomic E-state index is -4.37. The Morgan fingerprint density at radius 3 is 2.50 bits per heavy atom. The van der Waals surface area contributed by atoms with E-state index in [4.69, 9.17) is 9.47 Å². The molecule has 1 aliphatic heterocycles. The molecule has 7 nitrogen and oxygen atoms in total. The normalized spacial score (nSPS) is 15.4. The number of nitrogens with one attached hydrogen (secondary N) is 1. The number of carbonyl (C=O) groups is 1. The summed E-state index contributed by atoms with van der Waals surface area (Å²) >= 11 is 0. The fourth-order valence-corrected chi connectivity index (χ4v) is 2.74. The first kappa shape index (κ1) is 21.6. The van der Waals surface area contributed by atoms with Crippen molar-refractivity contribution in [3.8, 4) is 5.75 Å². The molecule has 0 atom stereocenters. The number of ether oxygens (including phenoxy) is 2. The molecule has 1 N–H and O–H groups in total. The van der Waals surface area contributed by atoms with E-state index < -0.39 is 12.8 Å². The van der Waals surface area contributed by atoms with Gasteiger partial charge in [0.05, 0.1) is 6.61 Å². The lowest BCUT2D eigenvalue weighted by Crippen LogP contribution is -2.53. The Bertz CT molecular complexity index is 674. The predicted molar refractivity (Wildman–Crippen MR) is 98.4 cm³/mol. The number of amides is 1. The van der Waals surface area contributed by atoms with Gasteiger partial charge in [-0.25, -0.2) is 4.79 Å². The molecule has 10 heteroatoms. The molecule has 0 bridgehead atoms. The highest BCUT2D eigenvalue weighted by molar-refractivity contribution is 5.80. The van der Waals surface area contributed by atoms with Crippen molar-refractivity contribution >= 4 is 12.1 Å². The maximum absolute atomic E-state index is 12.3. The molecule has 0 saturated carbocycles. The summed E-state index contributed by atoms with van der Waals surface area (Å²) in [6.45, 7) is 3.43. The zero-order valence-electron chi connectivity index (χ0n) is 16.0. The molecule has 1 aliphatic rings. The van der Waals surface area contributed by atoms with Crippen molar-refractivity contribution in [2.24, 2.45) is 4.99 Å². The highest BCUT2D eigenvalue weighted by Crippen LogP contribution is 2.19. The van der Waals surface area contributed by atoms with Gasteiger partial charge in [0.1, 0.15) is 5.75 Å². The first-order valence-corrected chi connectivity index (χ1v) is 8.98. The monoisotopic (exact) mass is 402 g/mol. The first-order valence-electron chi connectivity index (χ1n) is 8.98. The highest BCUT2D eigenvalue weighted by atomic mass is 19.4. The second-order valence-electron chi connectivity index (χ2n) is 6.13. The number of halogens is 3. The minimum absolute atomic E-state index is 0.162. The van der Waals surface area contributed by atoms with Crippen LogP contribution in [-0.2, 0) is 11.3 Å². The Balaban J connectivity index is 1.85. The van der Waals surface area contributed by atoms with Crippen molar-refractivity contribution in [2.45, 2.75) is 19.6 Å². The zero-order chi connectivity index (χ0) is 20.6. The summed E-state index contributed by atoms with van der Waals surface area (Å²) in [7, 11) is 1.66. The number of hydrogen-bond donors (Lipinski definition) is 1. The van der Waals surface area contributed by atoms with Crippen molar-refractivity contribution < 1.29 is 27.4 Å². The Hall–Kier alpha value is -2.65. The molecule has 1 fully saturated rings. The van der Waals surface area contributed by atoms with Crippen LogP contribution in [0.4, 0.5) is 18.0 Å². The number of piperazine rings is 1.